The van der Waals surface area contributed by atoms with Gasteiger partial charge in [-0.3, -0.25) is 15.0 Å². The zero-order valence-electron chi connectivity index (χ0n) is 15.6. The van der Waals surface area contributed by atoms with Crippen molar-refractivity contribution in [3.8, 4) is 0 Å². The molecule has 2 aliphatic rings. The van der Waals surface area contributed by atoms with Gasteiger partial charge in [-0.1, -0.05) is 12.1 Å². The minimum absolute atomic E-state index is 0.159. The number of nitro groups is 1. The van der Waals surface area contributed by atoms with Crippen LogP contribution in [0.2, 0.25) is 0 Å². The molecule has 144 valence electrons. The molecule has 0 bridgehead atoms. The van der Waals surface area contributed by atoms with Gasteiger partial charge in [-0.25, -0.2) is 8.42 Å². The molecule has 1 aromatic rings. The van der Waals surface area contributed by atoms with Gasteiger partial charge >= 0.3 is 0 Å². The summed E-state index contributed by atoms with van der Waals surface area (Å²) in [6.07, 6.45) is 4.01. The van der Waals surface area contributed by atoms with Gasteiger partial charge in [0.1, 0.15) is 0 Å². The lowest BCUT2D eigenvalue weighted by molar-refractivity contribution is -0.387. The summed E-state index contributed by atoms with van der Waals surface area (Å²) in [4.78, 5) is 13.1. The molecule has 0 radical (unpaired) electrons. The van der Waals surface area contributed by atoms with E-state index in [4.69, 9.17) is 0 Å². The lowest BCUT2D eigenvalue weighted by atomic mass is 10.0. The Morgan fingerprint density at radius 2 is 1.81 bits per heavy atom. The normalized spacial score (nSPS) is 28.3. The third-order valence-electron chi connectivity index (χ3n) is 5.79. The fourth-order valence-electron chi connectivity index (χ4n) is 4.56. The molecule has 2 saturated heterocycles. The Kier molecular flexibility index (Phi) is 5.37. The first kappa shape index (κ1) is 19.3. The molecule has 8 heteroatoms. The Hall–Kier alpha value is -1.51. The molecule has 2 heterocycles. The standard InChI is InChI=1S/C18H27N3O4S/c1-13-6-4-8-17(21(22)23)18(13)26(24,25)19-11-5-7-16(12-19)20-14(2)9-10-15(20)3/h4,6,8,14-16H,5,7,9-12H2,1-3H3. The van der Waals surface area contributed by atoms with Crippen LogP contribution < -0.4 is 0 Å². The van der Waals surface area contributed by atoms with E-state index in [2.05, 4.69) is 18.7 Å². The van der Waals surface area contributed by atoms with Crippen LogP contribution in [0.25, 0.3) is 0 Å². The maximum absolute atomic E-state index is 13.3. The first-order valence-electron chi connectivity index (χ1n) is 9.25. The Balaban J connectivity index is 1.92. The van der Waals surface area contributed by atoms with Crippen LogP contribution in [0.1, 0.15) is 45.1 Å². The highest BCUT2D eigenvalue weighted by molar-refractivity contribution is 7.89. The number of aryl methyl sites for hydroxylation is 1. The van der Waals surface area contributed by atoms with Crippen molar-refractivity contribution in [1.82, 2.24) is 9.21 Å². The topological polar surface area (TPSA) is 83.8 Å². The van der Waals surface area contributed by atoms with Crippen molar-refractivity contribution in [1.29, 1.82) is 0 Å². The van der Waals surface area contributed by atoms with E-state index < -0.39 is 14.9 Å². The number of rotatable bonds is 4. The van der Waals surface area contributed by atoms with Crippen LogP contribution in [0.15, 0.2) is 23.1 Å². The third kappa shape index (κ3) is 3.37. The van der Waals surface area contributed by atoms with Gasteiger partial charge in [0, 0.05) is 37.3 Å². The fourth-order valence-corrected chi connectivity index (χ4v) is 6.44. The van der Waals surface area contributed by atoms with E-state index in [9.17, 15) is 18.5 Å². The average molecular weight is 381 g/mol. The molecule has 0 aliphatic carbocycles. The number of hydrogen-bond acceptors (Lipinski definition) is 5. The highest BCUT2D eigenvalue weighted by Gasteiger charge is 2.40. The molecule has 3 rings (SSSR count). The predicted octanol–water partition coefficient (Wildman–Crippen LogP) is 2.93. The molecule has 0 aromatic heterocycles. The van der Waals surface area contributed by atoms with Crippen LogP contribution in [0.3, 0.4) is 0 Å². The van der Waals surface area contributed by atoms with Crippen molar-refractivity contribution in [3.63, 3.8) is 0 Å². The second-order valence-electron chi connectivity index (χ2n) is 7.56. The largest absolute Gasteiger partial charge is 0.294 e. The van der Waals surface area contributed by atoms with E-state index in [1.165, 1.54) is 16.4 Å². The molecule has 0 amide bonds. The molecular weight excluding hydrogens is 354 g/mol. The van der Waals surface area contributed by atoms with E-state index in [-0.39, 0.29) is 16.6 Å². The summed E-state index contributed by atoms with van der Waals surface area (Å²) in [5, 5.41) is 11.4. The van der Waals surface area contributed by atoms with Gasteiger partial charge in [-0.2, -0.15) is 4.31 Å². The van der Waals surface area contributed by atoms with Crippen molar-refractivity contribution in [2.75, 3.05) is 13.1 Å². The van der Waals surface area contributed by atoms with Crippen molar-refractivity contribution in [2.24, 2.45) is 0 Å². The number of benzene rings is 1. The second kappa shape index (κ2) is 7.25. The molecule has 3 unspecified atom stereocenters. The molecule has 2 aliphatic heterocycles. The fraction of sp³-hybridized carbons (Fsp3) is 0.667. The van der Waals surface area contributed by atoms with Crippen molar-refractivity contribution >= 4 is 15.7 Å². The maximum atomic E-state index is 13.3. The van der Waals surface area contributed by atoms with Crippen molar-refractivity contribution in [3.05, 3.63) is 33.9 Å². The SMILES string of the molecule is Cc1cccc([N+](=O)[O-])c1S(=O)(=O)N1CCCC(N2C(C)CCC2C)C1. The average Bonchev–Trinajstić information content (AvgIpc) is 2.93. The molecule has 0 saturated carbocycles. The van der Waals surface area contributed by atoms with Crippen molar-refractivity contribution in [2.45, 2.75) is 69.5 Å². The van der Waals surface area contributed by atoms with Crippen LogP contribution >= 0.6 is 0 Å². The molecule has 26 heavy (non-hydrogen) atoms. The Morgan fingerprint density at radius 1 is 1.15 bits per heavy atom. The quantitative estimate of drug-likeness (QED) is 0.591. The molecule has 3 atom stereocenters. The highest BCUT2D eigenvalue weighted by atomic mass is 32.2. The Bertz CT molecular complexity index is 786. The van der Waals surface area contributed by atoms with E-state index >= 15 is 0 Å². The van der Waals surface area contributed by atoms with Gasteiger partial charge in [0.15, 0.2) is 4.90 Å². The van der Waals surface area contributed by atoms with Crippen LogP contribution in [0.5, 0.6) is 0 Å². The van der Waals surface area contributed by atoms with E-state index in [0.717, 1.165) is 25.7 Å². The molecule has 2 fully saturated rings. The summed E-state index contributed by atoms with van der Waals surface area (Å²) in [7, 11) is -3.90. The van der Waals surface area contributed by atoms with Crippen LogP contribution in [0.4, 0.5) is 5.69 Å². The third-order valence-corrected chi connectivity index (χ3v) is 7.85. The molecule has 1 aromatic carbocycles. The van der Waals surface area contributed by atoms with Crippen molar-refractivity contribution < 1.29 is 13.3 Å². The maximum Gasteiger partial charge on any atom is 0.289 e. The number of nitro benzene ring substituents is 1. The summed E-state index contributed by atoms with van der Waals surface area (Å²) in [6, 6.07) is 5.49. The second-order valence-corrected chi connectivity index (χ2v) is 9.44. The summed E-state index contributed by atoms with van der Waals surface area (Å²) in [5.74, 6) is 0. The zero-order valence-corrected chi connectivity index (χ0v) is 16.4. The minimum atomic E-state index is -3.90. The molecule has 7 nitrogen and oxygen atoms in total. The number of sulfonamides is 1. The summed E-state index contributed by atoms with van der Waals surface area (Å²) in [6.45, 7) is 6.83. The lowest BCUT2D eigenvalue weighted by Gasteiger charge is -2.41. The van der Waals surface area contributed by atoms with Gasteiger partial charge in [-0.15, -0.1) is 0 Å². The van der Waals surface area contributed by atoms with E-state index in [0.29, 0.717) is 30.7 Å². The first-order chi connectivity index (χ1) is 12.2. The van der Waals surface area contributed by atoms with Gasteiger partial charge in [0.2, 0.25) is 10.0 Å². The summed E-state index contributed by atoms with van der Waals surface area (Å²) < 4.78 is 28.0. The van der Waals surface area contributed by atoms with Crippen LogP contribution in [-0.4, -0.2) is 53.8 Å². The number of likely N-dealkylation sites (tertiary alicyclic amines) is 1. The first-order valence-corrected chi connectivity index (χ1v) is 10.7. The minimum Gasteiger partial charge on any atom is -0.294 e. The summed E-state index contributed by atoms with van der Waals surface area (Å²) >= 11 is 0. The monoisotopic (exact) mass is 381 g/mol. The lowest BCUT2D eigenvalue weighted by Crippen LogP contribution is -2.52. The van der Waals surface area contributed by atoms with Gasteiger partial charge in [0.25, 0.3) is 5.69 Å². The van der Waals surface area contributed by atoms with Crippen LogP contribution in [-0.2, 0) is 10.0 Å². The van der Waals surface area contributed by atoms with E-state index in [1.807, 2.05) is 0 Å². The van der Waals surface area contributed by atoms with Gasteiger partial charge < -0.3 is 0 Å². The molecule has 0 spiro atoms. The number of piperidine rings is 1. The molecule has 0 N–H and O–H groups in total. The predicted molar refractivity (Wildman–Crippen MR) is 99.6 cm³/mol. The highest BCUT2D eigenvalue weighted by Crippen LogP contribution is 2.34. The Morgan fingerprint density at radius 3 is 2.42 bits per heavy atom. The molecular formula is C18H27N3O4S. The van der Waals surface area contributed by atoms with Gasteiger partial charge in [0.05, 0.1) is 4.92 Å². The smallest absolute Gasteiger partial charge is 0.289 e. The van der Waals surface area contributed by atoms with Gasteiger partial charge in [-0.05, 0) is 52.0 Å². The van der Waals surface area contributed by atoms with E-state index in [1.54, 1.807) is 13.0 Å². The zero-order chi connectivity index (χ0) is 19.1. The van der Waals surface area contributed by atoms with Crippen LogP contribution in [0, 0.1) is 17.0 Å². The number of hydrogen-bond donors (Lipinski definition) is 0. The summed E-state index contributed by atoms with van der Waals surface area (Å²) in [5.41, 5.74) is 0.0827. The number of nitrogens with zero attached hydrogens (tertiary/aromatic N) is 3. The Labute approximate surface area is 155 Å².